The molecule has 0 spiro atoms. The van der Waals surface area contributed by atoms with Crippen LogP contribution in [0.5, 0.6) is 0 Å². The summed E-state index contributed by atoms with van der Waals surface area (Å²) < 4.78 is 5.96. The molecule has 0 bridgehead atoms. The summed E-state index contributed by atoms with van der Waals surface area (Å²) in [6, 6.07) is 0.444. The van der Waals surface area contributed by atoms with Crippen LogP contribution in [0.25, 0.3) is 0 Å². The Hall–Kier alpha value is -0.0800. The standard InChI is InChI=1S/C14H31NO/c1-8-10-15-12(11(3)4)13(16-9-2)14(5,6)7/h11-13,15H,8-10H2,1-7H3. The SMILES string of the molecule is CCCNC(C(C)C)C(OCC)C(C)(C)C. The molecule has 0 heterocycles. The summed E-state index contributed by atoms with van der Waals surface area (Å²) in [5, 5.41) is 3.64. The molecule has 0 rings (SSSR count). The molecule has 0 aromatic rings. The van der Waals surface area contributed by atoms with Crippen molar-refractivity contribution in [3.05, 3.63) is 0 Å². The Morgan fingerprint density at radius 1 is 1.12 bits per heavy atom. The van der Waals surface area contributed by atoms with Crippen molar-refractivity contribution < 1.29 is 4.74 Å². The maximum atomic E-state index is 5.96. The van der Waals surface area contributed by atoms with Crippen LogP contribution in [0.2, 0.25) is 0 Å². The average Bonchev–Trinajstić information content (AvgIpc) is 2.14. The Kier molecular flexibility index (Phi) is 7.25. The van der Waals surface area contributed by atoms with E-state index < -0.39 is 0 Å². The van der Waals surface area contributed by atoms with E-state index in [-0.39, 0.29) is 11.5 Å². The van der Waals surface area contributed by atoms with E-state index in [4.69, 9.17) is 4.74 Å². The first-order valence-electron chi connectivity index (χ1n) is 6.69. The molecule has 98 valence electrons. The molecule has 1 N–H and O–H groups in total. The summed E-state index contributed by atoms with van der Waals surface area (Å²) in [6.45, 7) is 17.5. The van der Waals surface area contributed by atoms with Gasteiger partial charge < -0.3 is 10.1 Å². The third-order valence-electron chi connectivity index (χ3n) is 2.87. The molecular formula is C14H31NO. The average molecular weight is 229 g/mol. The van der Waals surface area contributed by atoms with Crippen LogP contribution in [0.15, 0.2) is 0 Å². The molecule has 0 aromatic heterocycles. The van der Waals surface area contributed by atoms with Gasteiger partial charge in [0.05, 0.1) is 6.10 Å². The number of hydrogen-bond donors (Lipinski definition) is 1. The van der Waals surface area contributed by atoms with E-state index in [2.05, 4.69) is 53.8 Å². The molecule has 2 unspecified atom stereocenters. The first-order valence-corrected chi connectivity index (χ1v) is 6.69. The fraction of sp³-hybridized carbons (Fsp3) is 1.00. The Bertz CT molecular complexity index is 172. The van der Waals surface area contributed by atoms with E-state index in [1.165, 1.54) is 6.42 Å². The quantitative estimate of drug-likeness (QED) is 0.722. The van der Waals surface area contributed by atoms with Crippen LogP contribution >= 0.6 is 0 Å². The minimum absolute atomic E-state index is 0.186. The van der Waals surface area contributed by atoms with Crippen molar-refractivity contribution in [1.29, 1.82) is 0 Å². The van der Waals surface area contributed by atoms with Crippen molar-refractivity contribution in [2.24, 2.45) is 11.3 Å². The van der Waals surface area contributed by atoms with Gasteiger partial charge in [-0.3, -0.25) is 0 Å². The van der Waals surface area contributed by atoms with Gasteiger partial charge in [0.25, 0.3) is 0 Å². The lowest BCUT2D eigenvalue weighted by atomic mass is 9.80. The van der Waals surface area contributed by atoms with E-state index in [0.29, 0.717) is 12.0 Å². The third-order valence-corrected chi connectivity index (χ3v) is 2.87. The van der Waals surface area contributed by atoms with Gasteiger partial charge in [-0.25, -0.2) is 0 Å². The molecule has 0 saturated heterocycles. The lowest BCUT2D eigenvalue weighted by Crippen LogP contribution is -2.51. The first kappa shape index (κ1) is 15.9. The summed E-state index contributed by atoms with van der Waals surface area (Å²) in [6.07, 6.45) is 1.45. The van der Waals surface area contributed by atoms with Crippen molar-refractivity contribution in [3.8, 4) is 0 Å². The van der Waals surface area contributed by atoms with Crippen LogP contribution < -0.4 is 5.32 Å². The maximum Gasteiger partial charge on any atom is 0.0778 e. The van der Waals surface area contributed by atoms with E-state index in [1.54, 1.807) is 0 Å². The van der Waals surface area contributed by atoms with E-state index in [0.717, 1.165) is 13.2 Å². The van der Waals surface area contributed by atoms with Gasteiger partial charge in [-0.15, -0.1) is 0 Å². The van der Waals surface area contributed by atoms with Crippen LogP contribution in [0.1, 0.15) is 54.9 Å². The van der Waals surface area contributed by atoms with Crippen LogP contribution in [0.3, 0.4) is 0 Å². The molecule has 0 radical (unpaired) electrons. The second-order valence-electron chi connectivity index (χ2n) is 5.97. The van der Waals surface area contributed by atoms with Gasteiger partial charge >= 0.3 is 0 Å². The van der Waals surface area contributed by atoms with Crippen molar-refractivity contribution in [1.82, 2.24) is 5.32 Å². The molecule has 2 nitrogen and oxygen atoms in total. The third kappa shape index (κ3) is 5.31. The van der Waals surface area contributed by atoms with Crippen molar-refractivity contribution >= 4 is 0 Å². The number of nitrogens with one attached hydrogen (secondary N) is 1. The fourth-order valence-corrected chi connectivity index (χ4v) is 2.08. The molecule has 0 amide bonds. The minimum atomic E-state index is 0.186. The molecular weight excluding hydrogens is 198 g/mol. The molecule has 0 aliphatic rings. The van der Waals surface area contributed by atoms with Gasteiger partial charge in [-0.1, -0.05) is 41.5 Å². The molecule has 0 aliphatic heterocycles. The smallest absolute Gasteiger partial charge is 0.0778 e. The summed E-state index contributed by atoms with van der Waals surface area (Å²) in [5.74, 6) is 0.599. The van der Waals surface area contributed by atoms with Gasteiger partial charge in [0, 0.05) is 12.6 Å². The Morgan fingerprint density at radius 3 is 2.00 bits per heavy atom. The second-order valence-corrected chi connectivity index (χ2v) is 5.97. The summed E-state index contributed by atoms with van der Waals surface area (Å²) in [5.41, 5.74) is 0.186. The molecule has 0 aliphatic carbocycles. The van der Waals surface area contributed by atoms with Crippen LogP contribution in [0, 0.1) is 11.3 Å². The van der Waals surface area contributed by atoms with Gasteiger partial charge in [0.1, 0.15) is 0 Å². The van der Waals surface area contributed by atoms with E-state index in [1.807, 2.05) is 0 Å². The van der Waals surface area contributed by atoms with Gasteiger partial charge in [-0.2, -0.15) is 0 Å². The monoisotopic (exact) mass is 229 g/mol. The molecule has 0 fully saturated rings. The topological polar surface area (TPSA) is 21.3 Å². The largest absolute Gasteiger partial charge is 0.376 e. The summed E-state index contributed by atoms with van der Waals surface area (Å²) in [7, 11) is 0. The zero-order valence-electron chi connectivity index (χ0n) is 12.3. The summed E-state index contributed by atoms with van der Waals surface area (Å²) in [4.78, 5) is 0. The normalized spacial score (nSPS) is 16.5. The van der Waals surface area contributed by atoms with Gasteiger partial charge in [0.2, 0.25) is 0 Å². The zero-order chi connectivity index (χ0) is 12.8. The highest BCUT2D eigenvalue weighted by Gasteiger charge is 2.34. The highest BCUT2D eigenvalue weighted by Crippen LogP contribution is 2.28. The highest BCUT2D eigenvalue weighted by molar-refractivity contribution is 4.88. The minimum Gasteiger partial charge on any atom is -0.376 e. The van der Waals surface area contributed by atoms with Crippen LogP contribution in [0.4, 0.5) is 0 Å². The molecule has 0 saturated carbocycles. The lowest BCUT2D eigenvalue weighted by Gasteiger charge is -2.39. The first-order chi connectivity index (χ1) is 7.34. The molecule has 0 aromatic carbocycles. The molecule has 2 atom stereocenters. The zero-order valence-corrected chi connectivity index (χ0v) is 12.3. The molecule has 2 heteroatoms. The predicted octanol–water partition coefficient (Wildman–Crippen LogP) is 3.46. The van der Waals surface area contributed by atoms with Gasteiger partial charge in [-0.05, 0) is 31.2 Å². The van der Waals surface area contributed by atoms with E-state index >= 15 is 0 Å². The van der Waals surface area contributed by atoms with Crippen molar-refractivity contribution in [2.45, 2.75) is 67.0 Å². The number of rotatable bonds is 7. The Balaban J connectivity index is 4.66. The van der Waals surface area contributed by atoms with Crippen LogP contribution in [-0.2, 0) is 4.74 Å². The Morgan fingerprint density at radius 2 is 1.69 bits per heavy atom. The summed E-state index contributed by atoms with van der Waals surface area (Å²) >= 11 is 0. The predicted molar refractivity (Wildman–Crippen MR) is 71.8 cm³/mol. The van der Waals surface area contributed by atoms with E-state index in [9.17, 15) is 0 Å². The second kappa shape index (κ2) is 7.29. The number of ether oxygens (including phenoxy) is 1. The maximum absolute atomic E-state index is 5.96. The Labute approximate surface area is 102 Å². The van der Waals surface area contributed by atoms with Crippen molar-refractivity contribution in [2.75, 3.05) is 13.2 Å². The van der Waals surface area contributed by atoms with Crippen molar-refractivity contribution in [3.63, 3.8) is 0 Å². The molecule has 16 heavy (non-hydrogen) atoms. The fourth-order valence-electron chi connectivity index (χ4n) is 2.08. The lowest BCUT2D eigenvalue weighted by molar-refractivity contribution is -0.0455. The number of hydrogen-bond acceptors (Lipinski definition) is 2. The van der Waals surface area contributed by atoms with Crippen LogP contribution in [-0.4, -0.2) is 25.3 Å². The highest BCUT2D eigenvalue weighted by atomic mass is 16.5. The van der Waals surface area contributed by atoms with Gasteiger partial charge in [0.15, 0.2) is 0 Å².